The molecular formula is C10H11BrN4O2S. The summed E-state index contributed by atoms with van der Waals surface area (Å²) in [6.45, 7) is 1.74. The number of aromatic nitrogens is 1. The predicted molar refractivity (Wildman–Crippen MR) is 75.1 cm³/mol. The summed E-state index contributed by atoms with van der Waals surface area (Å²) in [5.74, 6) is -1.30. The average Bonchev–Trinajstić information content (AvgIpc) is 2.29. The highest BCUT2D eigenvalue weighted by Gasteiger charge is 2.15. The fraction of sp³-hybridized carbons (Fsp3) is 0.200. The zero-order chi connectivity index (χ0) is 13.7. The average molecular weight is 331 g/mol. The zero-order valence-corrected chi connectivity index (χ0v) is 11.9. The smallest absolute Gasteiger partial charge is 0.314 e. The number of halogens is 1. The second-order valence-corrected chi connectivity index (χ2v) is 4.86. The molecule has 18 heavy (non-hydrogen) atoms. The number of nitrogens with one attached hydrogen (secondary N) is 2. The minimum Gasteiger partial charge on any atom is -0.392 e. The summed E-state index contributed by atoms with van der Waals surface area (Å²) < 4.78 is 0.788. The predicted octanol–water partition coefficient (Wildman–Crippen LogP) is 0.493. The van der Waals surface area contributed by atoms with E-state index in [1.807, 2.05) is 0 Å². The second-order valence-electron chi connectivity index (χ2n) is 3.42. The SMILES string of the molecule is Cc1cc(Br)cnc1NC(=O)C(=O)NCC(N)=S. The second kappa shape index (κ2) is 6.41. The van der Waals surface area contributed by atoms with Crippen LogP contribution in [-0.4, -0.2) is 28.3 Å². The molecule has 1 rings (SSSR count). The largest absolute Gasteiger partial charge is 0.392 e. The molecule has 1 aromatic heterocycles. The van der Waals surface area contributed by atoms with Crippen LogP contribution in [-0.2, 0) is 9.59 Å². The van der Waals surface area contributed by atoms with Crippen molar-refractivity contribution in [2.45, 2.75) is 6.92 Å². The van der Waals surface area contributed by atoms with Crippen molar-refractivity contribution >= 4 is 50.8 Å². The Labute approximate surface area is 117 Å². The molecule has 0 radical (unpaired) electrons. The van der Waals surface area contributed by atoms with E-state index in [2.05, 4.69) is 43.8 Å². The molecule has 6 nitrogen and oxygen atoms in total. The fourth-order valence-corrected chi connectivity index (χ4v) is 1.60. The van der Waals surface area contributed by atoms with Gasteiger partial charge in [-0.2, -0.15) is 0 Å². The number of hydrogen-bond acceptors (Lipinski definition) is 4. The van der Waals surface area contributed by atoms with Crippen LogP contribution in [0.3, 0.4) is 0 Å². The van der Waals surface area contributed by atoms with Gasteiger partial charge in [0.15, 0.2) is 0 Å². The molecule has 0 aromatic carbocycles. The van der Waals surface area contributed by atoms with Gasteiger partial charge in [0.05, 0.1) is 11.5 Å². The summed E-state index contributed by atoms with van der Waals surface area (Å²) in [4.78, 5) is 26.9. The van der Waals surface area contributed by atoms with Crippen LogP contribution in [0.2, 0.25) is 0 Å². The Kier molecular flexibility index (Phi) is 5.17. The molecule has 0 saturated carbocycles. The van der Waals surface area contributed by atoms with Crippen LogP contribution in [0, 0.1) is 6.92 Å². The molecule has 0 aliphatic heterocycles. The lowest BCUT2D eigenvalue weighted by atomic mass is 10.3. The van der Waals surface area contributed by atoms with Gasteiger partial charge in [-0.25, -0.2) is 4.98 Å². The summed E-state index contributed by atoms with van der Waals surface area (Å²) in [7, 11) is 0. The van der Waals surface area contributed by atoms with Gasteiger partial charge in [0.2, 0.25) is 0 Å². The molecule has 96 valence electrons. The van der Waals surface area contributed by atoms with Gasteiger partial charge in [-0.1, -0.05) is 12.2 Å². The number of pyridine rings is 1. The number of thiocarbonyl (C=S) groups is 1. The molecule has 4 N–H and O–H groups in total. The minimum atomic E-state index is -0.816. The molecule has 0 fully saturated rings. The first-order valence-electron chi connectivity index (χ1n) is 4.89. The molecule has 2 amide bonds. The van der Waals surface area contributed by atoms with Crippen LogP contribution >= 0.6 is 28.1 Å². The number of nitrogens with two attached hydrogens (primary N) is 1. The van der Waals surface area contributed by atoms with Crippen LogP contribution in [0.25, 0.3) is 0 Å². The molecule has 0 bridgehead atoms. The molecule has 0 atom stereocenters. The third-order valence-corrected chi connectivity index (χ3v) is 2.48. The van der Waals surface area contributed by atoms with Gasteiger partial charge in [0.25, 0.3) is 0 Å². The van der Waals surface area contributed by atoms with Crippen molar-refractivity contribution in [2.24, 2.45) is 5.73 Å². The molecule has 0 saturated heterocycles. The van der Waals surface area contributed by atoms with E-state index in [9.17, 15) is 9.59 Å². The van der Waals surface area contributed by atoms with E-state index >= 15 is 0 Å². The minimum absolute atomic E-state index is 0.0195. The topological polar surface area (TPSA) is 97.1 Å². The Bertz CT molecular complexity index is 507. The van der Waals surface area contributed by atoms with E-state index in [-0.39, 0.29) is 11.5 Å². The molecule has 0 unspecified atom stereocenters. The first-order chi connectivity index (χ1) is 8.40. The third kappa shape index (κ3) is 4.38. The van der Waals surface area contributed by atoms with Gasteiger partial charge in [0.1, 0.15) is 5.82 Å². The Morgan fingerprint density at radius 2 is 2.17 bits per heavy atom. The summed E-state index contributed by atoms with van der Waals surface area (Å²) in [5, 5.41) is 4.67. The van der Waals surface area contributed by atoms with Gasteiger partial charge in [-0.15, -0.1) is 0 Å². The Morgan fingerprint density at radius 3 is 2.72 bits per heavy atom. The molecule has 1 aromatic rings. The Balaban J connectivity index is 2.64. The molecule has 0 aliphatic rings. The number of nitrogens with zero attached hydrogens (tertiary/aromatic N) is 1. The van der Waals surface area contributed by atoms with Crippen molar-refractivity contribution in [3.8, 4) is 0 Å². The highest BCUT2D eigenvalue weighted by atomic mass is 79.9. The molecule has 1 heterocycles. The lowest BCUT2D eigenvalue weighted by Crippen LogP contribution is -2.39. The van der Waals surface area contributed by atoms with E-state index in [1.165, 1.54) is 6.20 Å². The van der Waals surface area contributed by atoms with E-state index in [1.54, 1.807) is 13.0 Å². The first-order valence-corrected chi connectivity index (χ1v) is 6.10. The normalized spacial score (nSPS) is 9.67. The van der Waals surface area contributed by atoms with Crippen molar-refractivity contribution < 1.29 is 9.59 Å². The van der Waals surface area contributed by atoms with Crippen molar-refractivity contribution in [1.82, 2.24) is 10.3 Å². The van der Waals surface area contributed by atoms with Crippen LogP contribution in [0.4, 0.5) is 5.82 Å². The van der Waals surface area contributed by atoms with Crippen molar-refractivity contribution in [2.75, 3.05) is 11.9 Å². The molecule has 0 aliphatic carbocycles. The molecule has 8 heteroatoms. The van der Waals surface area contributed by atoms with Crippen molar-refractivity contribution in [3.05, 3.63) is 22.3 Å². The maximum atomic E-state index is 11.5. The highest BCUT2D eigenvalue weighted by molar-refractivity contribution is 9.10. The first kappa shape index (κ1) is 14.5. The standard InChI is InChI=1S/C10H11BrN4O2S/c1-5-2-6(11)3-13-8(5)15-10(17)9(16)14-4-7(12)18/h2-3H,4H2,1H3,(H2,12,18)(H,14,16)(H,13,15,17). The fourth-order valence-electron chi connectivity index (χ4n) is 1.08. The summed E-state index contributed by atoms with van der Waals surface area (Å²) in [6, 6.07) is 1.77. The van der Waals surface area contributed by atoms with Crippen LogP contribution < -0.4 is 16.4 Å². The molecule has 0 spiro atoms. The lowest BCUT2D eigenvalue weighted by molar-refractivity contribution is -0.136. The number of carbonyl (C=O) groups excluding carboxylic acids is 2. The number of amides is 2. The van der Waals surface area contributed by atoms with Gasteiger partial charge in [-0.3, -0.25) is 9.59 Å². The van der Waals surface area contributed by atoms with Gasteiger partial charge in [-0.05, 0) is 34.5 Å². The van der Waals surface area contributed by atoms with Gasteiger partial charge < -0.3 is 16.4 Å². The van der Waals surface area contributed by atoms with Crippen LogP contribution in [0.1, 0.15) is 5.56 Å². The number of aryl methyl sites for hydroxylation is 1. The maximum Gasteiger partial charge on any atom is 0.314 e. The van der Waals surface area contributed by atoms with Crippen molar-refractivity contribution in [1.29, 1.82) is 0 Å². The third-order valence-electron chi connectivity index (χ3n) is 1.91. The number of anilines is 1. The highest BCUT2D eigenvalue weighted by Crippen LogP contribution is 2.16. The van der Waals surface area contributed by atoms with E-state index < -0.39 is 11.8 Å². The summed E-state index contributed by atoms with van der Waals surface area (Å²) in [5.41, 5.74) is 5.94. The zero-order valence-electron chi connectivity index (χ0n) is 9.49. The molecular weight excluding hydrogens is 320 g/mol. The Hall–Kier alpha value is -1.54. The van der Waals surface area contributed by atoms with E-state index in [4.69, 9.17) is 5.73 Å². The van der Waals surface area contributed by atoms with Gasteiger partial charge >= 0.3 is 11.8 Å². The van der Waals surface area contributed by atoms with E-state index in [0.717, 1.165) is 10.0 Å². The van der Waals surface area contributed by atoms with Crippen molar-refractivity contribution in [3.63, 3.8) is 0 Å². The van der Waals surface area contributed by atoms with Crippen LogP contribution in [0.15, 0.2) is 16.7 Å². The number of rotatable bonds is 3. The lowest BCUT2D eigenvalue weighted by Gasteiger charge is -2.07. The number of hydrogen-bond donors (Lipinski definition) is 3. The summed E-state index contributed by atoms with van der Waals surface area (Å²) >= 11 is 7.83. The maximum absolute atomic E-state index is 11.5. The van der Waals surface area contributed by atoms with Crippen LogP contribution in [0.5, 0.6) is 0 Å². The number of carbonyl (C=O) groups is 2. The monoisotopic (exact) mass is 330 g/mol. The quantitative estimate of drug-likeness (QED) is 0.553. The van der Waals surface area contributed by atoms with Gasteiger partial charge in [0, 0.05) is 10.7 Å². The van der Waals surface area contributed by atoms with E-state index in [0.29, 0.717) is 5.82 Å². The Morgan fingerprint density at radius 1 is 1.50 bits per heavy atom. The summed E-state index contributed by atoms with van der Waals surface area (Å²) in [6.07, 6.45) is 1.52.